The Morgan fingerprint density at radius 3 is 2.81 bits per heavy atom. The van der Waals surface area contributed by atoms with E-state index in [4.69, 9.17) is 21.4 Å². The Bertz CT molecular complexity index is 1110. The maximum Gasteiger partial charge on any atom is 0.319 e. The summed E-state index contributed by atoms with van der Waals surface area (Å²) in [5.41, 5.74) is 1.60. The van der Waals surface area contributed by atoms with Crippen LogP contribution in [-0.4, -0.2) is 48.4 Å². The van der Waals surface area contributed by atoms with Gasteiger partial charge in [0, 0.05) is 30.7 Å². The van der Waals surface area contributed by atoms with Gasteiger partial charge in [0.2, 0.25) is 0 Å². The summed E-state index contributed by atoms with van der Waals surface area (Å²) in [6.45, 7) is 2.37. The molecule has 1 saturated heterocycles. The number of nitrogens with one attached hydrogen (secondary N) is 2. The first-order chi connectivity index (χ1) is 15.5. The molecule has 3 N–H and O–H groups in total. The van der Waals surface area contributed by atoms with Gasteiger partial charge in [-0.3, -0.25) is 4.90 Å². The van der Waals surface area contributed by atoms with Gasteiger partial charge < -0.3 is 20.5 Å². The van der Waals surface area contributed by atoms with Crippen LogP contribution in [0.4, 0.5) is 14.9 Å². The van der Waals surface area contributed by atoms with Gasteiger partial charge in [-0.2, -0.15) is 0 Å². The summed E-state index contributed by atoms with van der Waals surface area (Å²) >= 11 is 6.04. The molecular formula is C24H25ClFN3O3. The Labute approximate surface area is 190 Å². The van der Waals surface area contributed by atoms with Gasteiger partial charge in [0.25, 0.3) is 0 Å². The fourth-order valence-electron chi connectivity index (χ4n) is 3.94. The first-order valence-corrected chi connectivity index (χ1v) is 10.9. The third-order valence-electron chi connectivity index (χ3n) is 5.42. The zero-order valence-corrected chi connectivity index (χ0v) is 18.2. The average molecular weight is 458 g/mol. The van der Waals surface area contributed by atoms with E-state index in [0.717, 1.165) is 42.4 Å². The van der Waals surface area contributed by atoms with Crippen LogP contribution >= 0.6 is 11.6 Å². The van der Waals surface area contributed by atoms with Gasteiger partial charge >= 0.3 is 6.03 Å². The molecule has 0 saturated carbocycles. The fourth-order valence-corrected chi connectivity index (χ4v) is 4.11. The van der Waals surface area contributed by atoms with Crippen LogP contribution in [0.25, 0.3) is 10.8 Å². The number of halogens is 2. The summed E-state index contributed by atoms with van der Waals surface area (Å²) in [4.78, 5) is 14.8. The van der Waals surface area contributed by atoms with Crippen LogP contribution in [-0.2, 0) is 6.54 Å². The quantitative estimate of drug-likeness (QED) is 0.491. The second-order valence-corrected chi connectivity index (χ2v) is 8.29. The molecule has 1 atom stereocenters. The highest BCUT2D eigenvalue weighted by atomic mass is 35.5. The Hall–Kier alpha value is -2.87. The lowest BCUT2D eigenvalue weighted by Gasteiger charge is -2.18. The van der Waals surface area contributed by atoms with Gasteiger partial charge in [0.05, 0.1) is 12.3 Å². The fraction of sp³-hybridized carbons (Fsp3) is 0.292. The Kier molecular flexibility index (Phi) is 7.09. The molecule has 168 valence electrons. The molecule has 1 heterocycles. The Morgan fingerprint density at radius 1 is 1.16 bits per heavy atom. The number of aliphatic hydroxyl groups is 1. The molecule has 0 bridgehead atoms. The second-order valence-electron chi connectivity index (χ2n) is 7.86. The number of hydrogen-bond donors (Lipinski definition) is 3. The first-order valence-electron chi connectivity index (χ1n) is 10.5. The summed E-state index contributed by atoms with van der Waals surface area (Å²) in [6.07, 6.45) is 0.843. The van der Waals surface area contributed by atoms with E-state index in [1.807, 2.05) is 12.1 Å². The topological polar surface area (TPSA) is 73.8 Å². The summed E-state index contributed by atoms with van der Waals surface area (Å²) in [7, 11) is 0. The minimum atomic E-state index is -0.333. The first kappa shape index (κ1) is 22.3. The molecule has 0 unspecified atom stereocenters. The number of benzene rings is 3. The number of anilines is 1. The molecule has 1 aliphatic rings. The number of ether oxygens (including phenoxy) is 1. The Morgan fingerprint density at radius 2 is 1.97 bits per heavy atom. The zero-order chi connectivity index (χ0) is 22.5. The third kappa shape index (κ3) is 5.68. The molecule has 0 aromatic heterocycles. The molecule has 4 rings (SSSR count). The summed E-state index contributed by atoms with van der Waals surface area (Å²) in [5, 5.41) is 17.1. The van der Waals surface area contributed by atoms with E-state index in [1.54, 1.807) is 24.3 Å². The van der Waals surface area contributed by atoms with Crippen LogP contribution in [0.3, 0.4) is 0 Å². The van der Waals surface area contributed by atoms with E-state index in [2.05, 4.69) is 21.6 Å². The van der Waals surface area contributed by atoms with Gasteiger partial charge in [0.15, 0.2) is 0 Å². The van der Waals surface area contributed by atoms with E-state index in [9.17, 15) is 9.18 Å². The molecule has 2 amide bonds. The molecule has 1 fully saturated rings. The maximum absolute atomic E-state index is 13.4. The van der Waals surface area contributed by atoms with Crippen molar-refractivity contribution in [3.8, 4) is 5.75 Å². The van der Waals surface area contributed by atoms with Crippen molar-refractivity contribution < 1.29 is 19.0 Å². The smallest absolute Gasteiger partial charge is 0.319 e. The van der Waals surface area contributed by atoms with Crippen molar-refractivity contribution in [2.24, 2.45) is 0 Å². The number of likely N-dealkylation sites (tertiary alicyclic amines) is 1. The molecule has 0 spiro atoms. The van der Waals surface area contributed by atoms with Gasteiger partial charge in [-0.15, -0.1) is 0 Å². The lowest BCUT2D eigenvalue weighted by atomic mass is 10.1. The highest BCUT2D eigenvalue weighted by molar-refractivity contribution is 6.31. The van der Waals surface area contributed by atoms with Crippen LogP contribution in [0.5, 0.6) is 5.75 Å². The lowest BCUT2D eigenvalue weighted by molar-refractivity contribution is 0.202. The van der Waals surface area contributed by atoms with E-state index in [0.29, 0.717) is 16.5 Å². The van der Waals surface area contributed by atoms with Crippen LogP contribution in [0.2, 0.25) is 5.02 Å². The standard InChI is InChI=1S/C24H25ClFN3O3/c25-19-4-6-23(32-10-9-30)22(13-19)28-24(31)27-21-7-8-29(15-21)14-16-1-2-18-12-20(26)5-3-17(18)11-16/h1-6,11-13,21,30H,7-10,14-15H2,(H2,27,28,31)/t21-/m1/s1. The highest BCUT2D eigenvalue weighted by Crippen LogP contribution is 2.28. The van der Waals surface area contributed by atoms with Crippen LogP contribution in [0.15, 0.2) is 54.6 Å². The van der Waals surface area contributed by atoms with Crippen molar-refractivity contribution in [3.05, 3.63) is 71.0 Å². The monoisotopic (exact) mass is 457 g/mol. The van der Waals surface area contributed by atoms with Crippen LogP contribution in [0, 0.1) is 5.82 Å². The minimum absolute atomic E-state index is 0.0190. The van der Waals surface area contributed by atoms with Crippen molar-refractivity contribution >= 4 is 34.1 Å². The zero-order valence-electron chi connectivity index (χ0n) is 17.5. The predicted molar refractivity (Wildman–Crippen MR) is 124 cm³/mol. The van der Waals surface area contributed by atoms with Crippen molar-refractivity contribution in [2.75, 3.05) is 31.6 Å². The number of urea groups is 1. The van der Waals surface area contributed by atoms with Gasteiger partial charge in [-0.1, -0.05) is 29.8 Å². The third-order valence-corrected chi connectivity index (χ3v) is 5.65. The SMILES string of the molecule is O=C(Nc1cc(Cl)ccc1OCCO)N[C@@H]1CCN(Cc2ccc3cc(F)ccc3c2)C1. The molecule has 0 radical (unpaired) electrons. The number of rotatable bonds is 7. The molecule has 8 heteroatoms. The molecule has 3 aromatic carbocycles. The number of carbonyl (C=O) groups is 1. The molecule has 32 heavy (non-hydrogen) atoms. The molecule has 6 nitrogen and oxygen atoms in total. The average Bonchev–Trinajstić information content (AvgIpc) is 3.19. The number of hydrogen-bond acceptors (Lipinski definition) is 4. The molecule has 0 aliphatic carbocycles. The number of amides is 2. The molecular weight excluding hydrogens is 433 g/mol. The number of carbonyl (C=O) groups excluding carboxylic acids is 1. The second kappa shape index (κ2) is 10.2. The normalized spacial score (nSPS) is 16.3. The number of aliphatic hydroxyl groups excluding tert-OH is 1. The number of nitrogens with zero attached hydrogens (tertiary/aromatic N) is 1. The summed E-state index contributed by atoms with van der Waals surface area (Å²) in [6, 6.07) is 15.5. The van der Waals surface area contributed by atoms with Crippen molar-refractivity contribution in [1.82, 2.24) is 10.2 Å². The van der Waals surface area contributed by atoms with Crippen molar-refractivity contribution in [3.63, 3.8) is 0 Å². The van der Waals surface area contributed by atoms with Gasteiger partial charge in [-0.05, 0) is 59.2 Å². The minimum Gasteiger partial charge on any atom is -0.489 e. The van der Waals surface area contributed by atoms with E-state index in [1.165, 1.54) is 12.1 Å². The highest BCUT2D eigenvalue weighted by Gasteiger charge is 2.24. The maximum atomic E-state index is 13.4. The van der Waals surface area contributed by atoms with Crippen molar-refractivity contribution in [1.29, 1.82) is 0 Å². The van der Waals surface area contributed by atoms with Gasteiger partial charge in [0.1, 0.15) is 18.2 Å². The van der Waals surface area contributed by atoms with E-state index in [-0.39, 0.29) is 31.1 Å². The summed E-state index contributed by atoms with van der Waals surface area (Å²) < 4.78 is 18.8. The lowest BCUT2D eigenvalue weighted by Crippen LogP contribution is -2.39. The van der Waals surface area contributed by atoms with Crippen LogP contribution < -0.4 is 15.4 Å². The largest absolute Gasteiger partial charge is 0.489 e. The van der Waals surface area contributed by atoms with E-state index < -0.39 is 0 Å². The van der Waals surface area contributed by atoms with Crippen LogP contribution in [0.1, 0.15) is 12.0 Å². The summed E-state index contributed by atoms with van der Waals surface area (Å²) in [5.74, 6) is 0.213. The number of fused-ring (bicyclic) bond motifs is 1. The van der Waals surface area contributed by atoms with Gasteiger partial charge in [-0.25, -0.2) is 9.18 Å². The Balaban J connectivity index is 1.32. The van der Waals surface area contributed by atoms with E-state index >= 15 is 0 Å². The molecule has 1 aliphatic heterocycles. The van der Waals surface area contributed by atoms with Crippen molar-refractivity contribution in [2.45, 2.75) is 19.0 Å². The molecule has 3 aromatic rings. The predicted octanol–water partition coefficient (Wildman–Crippen LogP) is 4.40.